The highest BCUT2D eigenvalue weighted by Crippen LogP contribution is 2.09. The van der Waals surface area contributed by atoms with Gasteiger partial charge in [-0.25, -0.2) is 9.97 Å². The van der Waals surface area contributed by atoms with Gasteiger partial charge in [-0.1, -0.05) is 6.92 Å². The van der Waals surface area contributed by atoms with Crippen molar-refractivity contribution in [2.24, 2.45) is 5.73 Å². The molecule has 0 aliphatic carbocycles. The minimum atomic E-state index is 0. The standard InChI is InChI=1S/C8H13N3.ClH/c1-3-8(9)7-4-10-6(2)11-5-7;/h4-5,8H,3,9H2,1-2H3;1H. The fourth-order valence-corrected chi connectivity index (χ4v) is 0.830. The van der Waals surface area contributed by atoms with Crippen molar-refractivity contribution in [1.29, 1.82) is 0 Å². The van der Waals surface area contributed by atoms with Crippen molar-refractivity contribution in [3.8, 4) is 0 Å². The molecule has 0 aliphatic heterocycles. The van der Waals surface area contributed by atoms with Gasteiger partial charge in [0.1, 0.15) is 5.82 Å². The van der Waals surface area contributed by atoms with Crippen LogP contribution in [-0.4, -0.2) is 9.97 Å². The first kappa shape index (κ1) is 11.3. The maximum absolute atomic E-state index is 5.76. The molecule has 1 heterocycles. The van der Waals surface area contributed by atoms with E-state index in [1.54, 1.807) is 12.4 Å². The second-order valence-electron chi connectivity index (χ2n) is 2.58. The summed E-state index contributed by atoms with van der Waals surface area (Å²) in [7, 11) is 0. The second-order valence-corrected chi connectivity index (χ2v) is 2.58. The number of nitrogens with zero attached hydrogens (tertiary/aromatic N) is 2. The minimum Gasteiger partial charge on any atom is -0.324 e. The average Bonchev–Trinajstić information content (AvgIpc) is 2.05. The maximum atomic E-state index is 5.76. The summed E-state index contributed by atoms with van der Waals surface area (Å²) in [5.74, 6) is 0.789. The minimum absolute atomic E-state index is 0. The topological polar surface area (TPSA) is 51.8 Å². The fourth-order valence-electron chi connectivity index (χ4n) is 0.830. The molecule has 0 spiro atoms. The van der Waals surface area contributed by atoms with Crippen molar-refractivity contribution in [2.75, 3.05) is 0 Å². The Bertz CT molecular complexity index is 222. The fraction of sp³-hybridized carbons (Fsp3) is 0.500. The van der Waals surface area contributed by atoms with Gasteiger partial charge in [0, 0.05) is 24.0 Å². The molecule has 0 bridgehead atoms. The van der Waals surface area contributed by atoms with Gasteiger partial charge in [0.05, 0.1) is 0 Å². The monoisotopic (exact) mass is 187 g/mol. The molecule has 1 aromatic heterocycles. The summed E-state index contributed by atoms with van der Waals surface area (Å²) in [6.07, 6.45) is 4.50. The van der Waals surface area contributed by atoms with Gasteiger partial charge in [0.15, 0.2) is 0 Å². The van der Waals surface area contributed by atoms with E-state index < -0.39 is 0 Å². The van der Waals surface area contributed by atoms with Crippen LogP contribution in [0.5, 0.6) is 0 Å². The summed E-state index contributed by atoms with van der Waals surface area (Å²) in [5, 5.41) is 0. The van der Waals surface area contributed by atoms with Crippen LogP contribution in [0.25, 0.3) is 0 Å². The number of aryl methyl sites for hydroxylation is 1. The van der Waals surface area contributed by atoms with Gasteiger partial charge in [-0.2, -0.15) is 0 Å². The van der Waals surface area contributed by atoms with E-state index in [1.807, 2.05) is 13.8 Å². The van der Waals surface area contributed by atoms with Crippen molar-refractivity contribution in [3.05, 3.63) is 23.8 Å². The summed E-state index contributed by atoms with van der Waals surface area (Å²) < 4.78 is 0. The number of halogens is 1. The summed E-state index contributed by atoms with van der Waals surface area (Å²) in [6.45, 7) is 3.91. The largest absolute Gasteiger partial charge is 0.324 e. The van der Waals surface area contributed by atoms with Crippen molar-refractivity contribution in [2.45, 2.75) is 26.3 Å². The molecule has 0 amide bonds. The van der Waals surface area contributed by atoms with E-state index in [-0.39, 0.29) is 18.4 Å². The lowest BCUT2D eigenvalue weighted by molar-refractivity contribution is 0.689. The molecular formula is C8H14ClN3. The normalized spacial score (nSPS) is 11.9. The molecule has 1 unspecified atom stereocenters. The Balaban J connectivity index is 0.00000121. The lowest BCUT2D eigenvalue weighted by atomic mass is 10.1. The van der Waals surface area contributed by atoms with E-state index in [9.17, 15) is 0 Å². The molecule has 3 nitrogen and oxygen atoms in total. The number of nitrogens with two attached hydrogens (primary N) is 1. The molecular weight excluding hydrogens is 174 g/mol. The van der Waals surface area contributed by atoms with Crippen LogP contribution in [0, 0.1) is 6.92 Å². The van der Waals surface area contributed by atoms with Crippen LogP contribution in [0.4, 0.5) is 0 Å². The summed E-state index contributed by atoms with van der Waals surface area (Å²) in [6, 6.07) is 0.0793. The van der Waals surface area contributed by atoms with Crippen LogP contribution in [0.2, 0.25) is 0 Å². The molecule has 68 valence electrons. The molecule has 12 heavy (non-hydrogen) atoms. The third-order valence-electron chi connectivity index (χ3n) is 1.67. The number of hydrogen-bond donors (Lipinski definition) is 1. The van der Waals surface area contributed by atoms with Crippen LogP contribution in [-0.2, 0) is 0 Å². The number of rotatable bonds is 2. The molecule has 0 saturated carbocycles. The van der Waals surface area contributed by atoms with Gasteiger partial charge < -0.3 is 5.73 Å². The zero-order valence-corrected chi connectivity index (χ0v) is 8.14. The van der Waals surface area contributed by atoms with Crippen LogP contribution in [0.3, 0.4) is 0 Å². The van der Waals surface area contributed by atoms with Crippen molar-refractivity contribution in [1.82, 2.24) is 9.97 Å². The summed E-state index contributed by atoms with van der Waals surface area (Å²) in [5.41, 5.74) is 6.78. The van der Waals surface area contributed by atoms with Gasteiger partial charge >= 0.3 is 0 Å². The van der Waals surface area contributed by atoms with Gasteiger partial charge in [-0.05, 0) is 13.3 Å². The molecule has 1 aromatic rings. The maximum Gasteiger partial charge on any atom is 0.125 e. The lowest BCUT2D eigenvalue weighted by Gasteiger charge is -2.06. The Kier molecular flexibility index (Phi) is 4.78. The molecule has 0 radical (unpaired) electrons. The predicted octanol–water partition coefficient (Wildman–Crippen LogP) is 1.62. The van der Waals surface area contributed by atoms with Crippen LogP contribution in [0.1, 0.15) is 30.8 Å². The first-order valence-electron chi connectivity index (χ1n) is 3.78. The van der Waals surface area contributed by atoms with E-state index in [2.05, 4.69) is 9.97 Å². The Morgan fingerprint density at radius 2 is 1.92 bits per heavy atom. The number of hydrogen-bond acceptors (Lipinski definition) is 3. The zero-order chi connectivity index (χ0) is 8.27. The van der Waals surface area contributed by atoms with Crippen LogP contribution >= 0.6 is 12.4 Å². The highest BCUT2D eigenvalue weighted by molar-refractivity contribution is 5.85. The van der Waals surface area contributed by atoms with Crippen molar-refractivity contribution in [3.63, 3.8) is 0 Å². The Hall–Kier alpha value is -0.670. The second kappa shape index (κ2) is 5.06. The lowest BCUT2D eigenvalue weighted by Crippen LogP contribution is -2.09. The Labute approximate surface area is 78.8 Å². The van der Waals surface area contributed by atoms with E-state index in [4.69, 9.17) is 5.73 Å². The van der Waals surface area contributed by atoms with Gasteiger partial charge in [0.2, 0.25) is 0 Å². The molecule has 4 heteroatoms. The molecule has 1 atom stereocenters. The third kappa shape index (κ3) is 2.75. The Morgan fingerprint density at radius 3 is 2.33 bits per heavy atom. The van der Waals surface area contributed by atoms with Gasteiger partial charge in [0.25, 0.3) is 0 Å². The molecule has 2 N–H and O–H groups in total. The zero-order valence-electron chi connectivity index (χ0n) is 7.32. The van der Waals surface area contributed by atoms with Crippen molar-refractivity contribution >= 4 is 12.4 Å². The quantitative estimate of drug-likeness (QED) is 0.766. The SMILES string of the molecule is CCC(N)c1cnc(C)nc1.Cl. The molecule has 0 aliphatic rings. The van der Waals surface area contributed by atoms with Gasteiger partial charge in [-0.15, -0.1) is 12.4 Å². The average molecular weight is 188 g/mol. The van der Waals surface area contributed by atoms with E-state index in [0.29, 0.717) is 0 Å². The van der Waals surface area contributed by atoms with E-state index in [0.717, 1.165) is 17.8 Å². The smallest absolute Gasteiger partial charge is 0.125 e. The van der Waals surface area contributed by atoms with E-state index >= 15 is 0 Å². The molecule has 1 rings (SSSR count). The molecule has 0 aromatic carbocycles. The third-order valence-corrected chi connectivity index (χ3v) is 1.67. The van der Waals surface area contributed by atoms with Crippen LogP contribution < -0.4 is 5.73 Å². The molecule has 0 fully saturated rings. The summed E-state index contributed by atoms with van der Waals surface area (Å²) >= 11 is 0. The first-order chi connectivity index (χ1) is 5.24. The highest BCUT2D eigenvalue weighted by Gasteiger charge is 2.02. The Morgan fingerprint density at radius 1 is 1.42 bits per heavy atom. The highest BCUT2D eigenvalue weighted by atomic mass is 35.5. The van der Waals surface area contributed by atoms with Crippen molar-refractivity contribution < 1.29 is 0 Å². The van der Waals surface area contributed by atoms with Crippen LogP contribution in [0.15, 0.2) is 12.4 Å². The van der Waals surface area contributed by atoms with Gasteiger partial charge in [-0.3, -0.25) is 0 Å². The predicted molar refractivity (Wildman–Crippen MR) is 51.2 cm³/mol. The first-order valence-corrected chi connectivity index (χ1v) is 3.78. The van der Waals surface area contributed by atoms with E-state index in [1.165, 1.54) is 0 Å². The number of aromatic nitrogens is 2. The summed E-state index contributed by atoms with van der Waals surface area (Å²) in [4.78, 5) is 8.11. The molecule has 0 saturated heterocycles.